The highest BCUT2D eigenvalue weighted by molar-refractivity contribution is 9.10. The normalized spacial score (nSPS) is 11.5. The molecule has 2 aromatic rings. The van der Waals surface area contributed by atoms with Gasteiger partial charge in [-0.05, 0) is 22.9 Å². The minimum absolute atomic E-state index is 0.569. The van der Waals surface area contributed by atoms with Gasteiger partial charge in [0.15, 0.2) is 0 Å². The maximum atomic E-state index is 7.67. The summed E-state index contributed by atoms with van der Waals surface area (Å²) in [5.41, 5.74) is 0. The van der Waals surface area contributed by atoms with Crippen LogP contribution in [0, 0.1) is 0 Å². The maximum Gasteiger partial charge on any atom is 0.0630 e. The van der Waals surface area contributed by atoms with Gasteiger partial charge in [-0.3, -0.25) is 0 Å². The van der Waals surface area contributed by atoms with Crippen molar-refractivity contribution >= 4 is 26.7 Å². The molecule has 0 saturated heterocycles. The third kappa shape index (κ3) is 1.29. The number of fused-ring (bicyclic) bond motifs is 1. The lowest BCUT2D eigenvalue weighted by Crippen LogP contribution is -1.69. The van der Waals surface area contributed by atoms with Crippen LogP contribution in [-0.4, -0.2) is 0 Å². The van der Waals surface area contributed by atoms with E-state index in [0.29, 0.717) is 6.04 Å². The minimum atomic E-state index is 0.569. The van der Waals surface area contributed by atoms with E-state index in [4.69, 9.17) is 1.37 Å². The molecule has 0 aliphatic heterocycles. The quantitative estimate of drug-likeness (QED) is 0.620. The molecule has 0 spiro atoms. The fourth-order valence-electron chi connectivity index (χ4n) is 1.09. The Hall–Kier alpha value is -0.820. The van der Waals surface area contributed by atoms with E-state index < -0.39 is 0 Å². The van der Waals surface area contributed by atoms with E-state index in [1.54, 1.807) is 0 Å². The molecule has 0 bridgehead atoms. The topological polar surface area (TPSA) is 0 Å². The lowest BCUT2D eigenvalue weighted by Gasteiger charge is -1.95. The van der Waals surface area contributed by atoms with Gasteiger partial charge in [-0.15, -0.1) is 0 Å². The molecule has 0 amide bonds. The van der Waals surface area contributed by atoms with Gasteiger partial charge < -0.3 is 0 Å². The molecule has 0 atom stereocenters. The molecule has 2 rings (SSSR count). The lowest BCUT2D eigenvalue weighted by atomic mass is 10.1. The monoisotopic (exact) mass is 207 g/mol. The standard InChI is InChI=1S/C10H7Br/c11-10-6-5-8-3-1-2-4-9(8)7-10/h1-7H/i5D. The van der Waals surface area contributed by atoms with Crippen LogP contribution in [0.2, 0.25) is 0 Å². The average molecular weight is 208 g/mol. The van der Waals surface area contributed by atoms with Crippen molar-refractivity contribution in [3.8, 4) is 0 Å². The molecular weight excluding hydrogens is 200 g/mol. The SMILES string of the molecule is [2H]c1cc(Br)cc2ccccc12. The molecule has 11 heavy (non-hydrogen) atoms. The summed E-state index contributed by atoms with van der Waals surface area (Å²) < 4.78 is 8.64. The smallest absolute Gasteiger partial charge is 0.0616 e. The fourth-order valence-corrected chi connectivity index (χ4v) is 1.45. The largest absolute Gasteiger partial charge is 0.0630 e. The highest BCUT2D eigenvalue weighted by atomic mass is 79.9. The van der Waals surface area contributed by atoms with Gasteiger partial charge in [0.25, 0.3) is 0 Å². The van der Waals surface area contributed by atoms with Crippen LogP contribution in [0.15, 0.2) is 46.9 Å². The van der Waals surface area contributed by atoms with Gasteiger partial charge in [0.2, 0.25) is 0 Å². The summed E-state index contributed by atoms with van der Waals surface area (Å²) in [5, 5.41) is 2.11. The summed E-state index contributed by atoms with van der Waals surface area (Å²) in [7, 11) is 0. The van der Waals surface area contributed by atoms with Crippen molar-refractivity contribution in [2.45, 2.75) is 0 Å². The van der Waals surface area contributed by atoms with E-state index in [9.17, 15) is 0 Å². The van der Waals surface area contributed by atoms with Gasteiger partial charge in [0.1, 0.15) is 0 Å². The van der Waals surface area contributed by atoms with Crippen molar-refractivity contribution in [1.82, 2.24) is 0 Å². The van der Waals surface area contributed by atoms with Crippen molar-refractivity contribution in [3.63, 3.8) is 0 Å². The Morgan fingerprint density at radius 1 is 1.09 bits per heavy atom. The molecule has 0 aliphatic rings. The van der Waals surface area contributed by atoms with E-state index in [1.165, 1.54) is 0 Å². The van der Waals surface area contributed by atoms with E-state index in [1.807, 2.05) is 36.4 Å². The first-order chi connectivity index (χ1) is 5.77. The summed E-state index contributed by atoms with van der Waals surface area (Å²) in [4.78, 5) is 0. The molecule has 0 nitrogen and oxygen atoms in total. The average Bonchev–Trinajstić information content (AvgIpc) is 2.04. The maximum absolute atomic E-state index is 7.67. The number of hydrogen-bond acceptors (Lipinski definition) is 0. The Bertz CT molecular complexity index is 423. The van der Waals surface area contributed by atoms with Crippen molar-refractivity contribution in [2.24, 2.45) is 0 Å². The van der Waals surface area contributed by atoms with E-state index >= 15 is 0 Å². The summed E-state index contributed by atoms with van der Waals surface area (Å²) in [6.07, 6.45) is 0. The number of benzene rings is 2. The molecule has 0 saturated carbocycles. The zero-order valence-electron chi connectivity index (χ0n) is 6.84. The Morgan fingerprint density at radius 2 is 1.82 bits per heavy atom. The van der Waals surface area contributed by atoms with Gasteiger partial charge in [-0.25, -0.2) is 0 Å². The van der Waals surface area contributed by atoms with Crippen LogP contribution in [0.5, 0.6) is 0 Å². The second-order valence-corrected chi connectivity index (χ2v) is 3.32. The highest BCUT2D eigenvalue weighted by Gasteiger charge is 1.90. The third-order valence-electron chi connectivity index (χ3n) is 1.62. The zero-order valence-corrected chi connectivity index (χ0v) is 7.43. The van der Waals surface area contributed by atoms with E-state index in [2.05, 4.69) is 15.9 Å². The van der Waals surface area contributed by atoms with Crippen molar-refractivity contribution in [2.75, 3.05) is 0 Å². The molecule has 2 aromatic carbocycles. The molecule has 0 fully saturated rings. The van der Waals surface area contributed by atoms with E-state index in [-0.39, 0.29) is 0 Å². The molecule has 1 heteroatoms. The predicted octanol–water partition coefficient (Wildman–Crippen LogP) is 3.60. The molecule has 54 valence electrons. The number of rotatable bonds is 0. The Morgan fingerprint density at radius 3 is 2.64 bits per heavy atom. The summed E-state index contributed by atoms with van der Waals surface area (Å²) >= 11 is 3.36. The minimum Gasteiger partial charge on any atom is -0.0616 e. The Balaban J connectivity index is 2.89. The highest BCUT2D eigenvalue weighted by Crippen LogP contribution is 2.18. The molecular formula is C10H7Br. The second-order valence-electron chi connectivity index (χ2n) is 2.41. The summed E-state index contributed by atoms with van der Waals surface area (Å²) in [5.74, 6) is 0. The second kappa shape index (κ2) is 2.67. The van der Waals surface area contributed by atoms with Crippen LogP contribution < -0.4 is 0 Å². The number of hydrogen-bond donors (Lipinski definition) is 0. The molecule has 0 heterocycles. The van der Waals surface area contributed by atoms with Crippen molar-refractivity contribution in [3.05, 3.63) is 46.9 Å². The van der Waals surface area contributed by atoms with E-state index in [0.717, 1.165) is 15.2 Å². The first-order valence-corrected chi connectivity index (χ1v) is 4.21. The third-order valence-corrected chi connectivity index (χ3v) is 2.08. The summed E-state index contributed by atoms with van der Waals surface area (Å²) in [6.45, 7) is 0. The molecule has 0 aromatic heterocycles. The molecule has 0 aliphatic carbocycles. The van der Waals surface area contributed by atoms with Gasteiger partial charge in [0, 0.05) is 4.47 Å². The van der Waals surface area contributed by atoms with Crippen LogP contribution in [0.3, 0.4) is 0 Å². The van der Waals surface area contributed by atoms with Gasteiger partial charge >= 0.3 is 0 Å². The molecule has 0 N–H and O–H groups in total. The first kappa shape index (κ1) is 5.78. The lowest BCUT2D eigenvalue weighted by molar-refractivity contribution is 1.70. The van der Waals surface area contributed by atoms with Crippen molar-refractivity contribution in [1.29, 1.82) is 0 Å². The zero-order chi connectivity index (χ0) is 8.55. The molecule has 0 unspecified atom stereocenters. The first-order valence-electron chi connectivity index (χ1n) is 3.92. The van der Waals surface area contributed by atoms with Gasteiger partial charge in [-0.2, -0.15) is 0 Å². The van der Waals surface area contributed by atoms with Crippen LogP contribution >= 0.6 is 15.9 Å². The fraction of sp³-hybridized carbons (Fsp3) is 0. The molecule has 0 radical (unpaired) electrons. The summed E-state index contributed by atoms with van der Waals surface area (Å²) in [6, 6.07) is 12.3. The van der Waals surface area contributed by atoms with Crippen LogP contribution in [0.1, 0.15) is 1.37 Å². The van der Waals surface area contributed by atoms with Crippen LogP contribution in [-0.2, 0) is 0 Å². The predicted molar refractivity (Wildman–Crippen MR) is 51.6 cm³/mol. The van der Waals surface area contributed by atoms with Crippen LogP contribution in [0.25, 0.3) is 10.8 Å². The number of halogens is 1. The van der Waals surface area contributed by atoms with Crippen molar-refractivity contribution < 1.29 is 1.37 Å². The van der Waals surface area contributed by atoms with Gasteiger partial charge in [0.05, 0.1) is 1.37 Å². The van der Waals surface area contributed by atoms with Crippen LogP contribution in [0.4, 0.5) is 0 Å². The Kier molecular flexibility index (Phi) is 1.40. The Labute approximate surface area is 75.4 Å². The van der Waals surface area contributed by atoms with Gasteiger partial charge in [-0.1, -0.05) is 46.2 Å².